The average Bonchev–Trinajstić information content (AvgIpc) is 2.97. The molecule has 7 heteroatoms. The van der Waals surface area contributed by atoms with Gasteiger partial charge in [-0.05, 0) is 53.0 Å². The summed E-state index contributed by atoms with van der Waals surface area (Å²) < 4.78 is 13.7. The van der Waals surface area contributed by atoms with Crippen molar-refractivity contribution in [3.63, 3.8) is 0 Å². The van der Waals surface area contributed by atoms with Crippen molar-refractivity contribution in [1.82, 2.24) is 4.57 Å². The molecule has 0 atom stereocenters. The summed E-state index contributed by atoms with van der Waals surface area (Å²) in [5.41, 5.74) is 8.47. The minimum absolute atomic E-state index is 0.130. The molecule has 1 heterocycles. The molecule has 0 bridgehead atoms. The Bertz CT molecular complexity index is 1030. The fourth-order valence-corrected chi connectivity index (χ4v) is 4.03. The van der Waals surface area contributed by atoms with E-state index >= 15 is 0 Å². The molecule has 0 saturated carbocycles. The number of ether oxygens (including phenoxy) is 2. The van der Waals surface area contributed by atoms with Gasteiger partial charge >= 0.3 is 5.97 Å². The normalized spacial score (nSPS) is 10.9. The van der Waals surface area contributed by atoms with Crippen LogP contribution in [0.3, 0.4) is 0 Å². The van der Waals surface area contributed by atoms with E-state index in [0.29, 0.717) is 38.3 Å². The van der Waals surface area contributed by atoms with Gasteiger partial charge in [0.05, 0.1) is 24.2 Å². The zero-order valence-corrected chi connectivity index (χ0v) is 18.5. The Morgan fingerprint density at radius 1 is 1.13 bits per heavy atom. The van der Waals surface area contributed by atoms with Gasteiger partial charge < -0.3 is 19.8 Å². The van der Waals surface area contributed by atoms with Gasteiger partial charge in [-0.25, -0.2) is 0 Å². The molecule has 0 fully saturated rings. The van der Waals surface area contributed by atoms with E-state index in [1.165, 1.54) is 0 Å². The van der Waals surface area contributed by atoms with Crippen molar-refractivity contribution < 1.29 is 19.1 Å². The Morgan fingerprint density at radius 3 is 2.60 bits per heavy atom. The first-order chi connectivity index (χ1) is 14.5. The summed E-state index contributed by atoms with van der Waals surface area (Å²) in [5, 5.41) is 0.916. The van der Waals surface area contributed by atoms with E-state index in [-0.39, 0.29) is 12.4 Å². The number of hydrogen-bond donors (Lipinski definition) is 1. The Hall–Kier alpha value is -2.80. The van der Waals surface area contributed by atoms with Gasteiger partial charge in [-0.1, -0.05) is 30.3 Å². The molecule has 0 aliphatic carbocycles. The maximum atomic E-state index is 11.7. The molecule has 0 radical (unpaired) electrons. The summed E-state index contributed by atoms with van der Waals surface area (Å²) in [4.78, 5) is 23.1. The van der Waals surface area contributed by atoms with Gasteiger partial charge in [0.25, 0.3) is 0 Å². The van der Waals surface area contributed by atoms with Crippen LogP contribution in [0.4, 0.5) is 0 Å². The monoisotopic (exact) mass is 472 g/mol. The second-order valence-corrected chi connectivity index (χ2v) is 7.67. The van der Waals surface area contributed by atoms with Crippen molar-refractivity contribution in [2.24, 2.45) is 5.73 Å². The molecule has 0 spiro atoms. The number of amides is 1. The maximum Gasteiger partial charge on any atom is 0.305 e. The fourth-order valence-electron chi connectivity index (χ4n) is 3.36. The Labute approximate surface area is 184 Å². The summed E-state index contributed by atoms with van der Waals surface area (Å²) in [6.45, 7) is 3.24. The van der Waals surface area contributed by atoms with E-state index in [0.717, 1.165) is 26.6 Å². The number of hydrogen-bond acceptors (Lipinski definition) is 4. The standard InChI is InChI=1S/C23H25BrN2O4/c1-2-29-22(28)9-6-12-30-17-10-11-20-18(13-17)19(14-21(25)27)23(24)26(20)15-16-7-4-3-5-8-16/h3-5,7-8,10-11,13H,2,6,9,12,14-15H2,1H3,(H2,25,27). The molecular weight excluding hydrogens is 448 g/mol. The van der Waals surface area contributed by atoms with Crippen molar-refractivity contribution in [2.75, 3.05) is 13.2 Å². The van der Waals surface area contributed by atoms with E-state index in [9.17, 15) is 9.59 Å². The lowest BCUT2D eigenvalue weighted by atomic mass is 10.1. The molecule has 0 aliphatic heterocycles. The Morgan fingerprint density at radius 2 is 1.90 bits per heavy atom. The molecule has 1 aromatic heterocycles. The van der Waals surface area contributed by atoms with Crippen molar-refractivity contribution >= 4 is 38.7 Å². The minimum atomic E-state index is -0.393. The average molecular weight is 473 g/mol. The minimum Gasteiger partial charge on any atom is -0.494 e. The zero-order valence-electron chi connectivity index (χ0n) is 16.9. The van der Waals surface area contributed by atoms with Crippen molar-refractivity contribution in [1.29, 1.82) is 0 Å². The number of nitrogens with two attached hydrogens (primary N) is 1. The number of rotatable bonds is 10. The van der Waals surface area contributed by atoms with E-state index < -0.39 is 5.91 Å². The smallest absolute Gasteiger partial charge is 0.305 e. The van der Waals surface area contributed by atoms with E-state index in [4.69, 9.17) is 15.2 Å². The van der Waals surface area contributed by atoms with Crippen LogP contribution >= 0.6 is 15.9 Å². The van der Waals surface area contributed by atoms with E-state index in [1.807, 2.05) is 36.4 Å². The summed E-state index contributed by atoms with van der Waals surface area (Å²) in [6.07, 6.45) is 1.02. The van der Waals surface area contributed by atoms with Crippen molar-refractivity contribution in [3.8, 4) is 5.75 Å². The number of halogens is 1. The van der Waals surface area contributed by atoms with Gasteiger partial charge in [0.2, 0.25) is 5.91 Å². The molecule has 158 valence electrons. The van der Waals surface area contributed by atoms with Gasteiger partial charge in [-0.15, -0.1) is 0 Å². The largest absolute Gasteiger partial charge is 0.494 e. The molecular formula is C23H25BrN2O4. The highest BCUT2D eigenvalue weighted by molar-refractivity contribution is 9.10. The number of fused-ring (bicyclic) bond motifs is 1. The quantitative estimate of drug-likeness (QED) is 0.354. The van der Waals surface area contributed by atoms with Crippen LogP contribution in [-0.4, -0.2) is 29.7 Å². The predicted octanol–water partition coefficient (Wildman–Crippen LogP) is 4.20. The second-order valence-electron chi connectivity index (χ2n) is 6.92. The molecule has 0 unspecified atom stereocenters. The second kappa shape index (κ2) is 10.3. The van der Waals surface area contributed by atoms with Gasteiger partial charge in [-0.2, -0.15) is 0 Å². The molecule has 0 saturated heterocycles. The lowest BCUT2D eigenvalue weighted by molar-refractivity contribution is -0.143. The van der Waals surface area contributed by atoms with E-state index in [1.54, 1.807) is 6.92 Å². The topological polar surface area (TPSA) is 83.6 Å². The highest BCUT2D eigenvalue weighted by Crippen LogP contribution is 2.34. The van der Waals surface area contributed by atoms with Crippen LogP contribution in [0.5, 0.6) is 5.75 Å². The molecule has 0 aliphatic rings. The molecule has 30 heavy (non-hydrogen) atoms. The van der Waals surface area contributed by atoms with Gasteiger partial charge in [0.1, 0.15) is 5.75 Å². The van der Waals surface area contributed by atoms with Crippen molar-refractivity contribution in [3.05, 3.63) is 64.3 Å². The number of carbonyl (C=O) groups excluding carboxylic acids is 2. The van der Waals surface area contributed by atoms with E-state index in [2.05, 4.69) is 32.6 Å². The molecule has 2 aromatic carbocycles. The van der Waals surface area contributed by atoms with Crippen LogP contribution in [0.2, 0.25) is 0 Å². The van der Waals surface area contributed by atoms with Crippen LogP contribution in [0.1, 0.15) is 30.9 Å². The summed E-state index contributed by atoms with van der Waals surface area (Å²) in [5.74, 6) is 0.0684. The Kier molecular flexibility index (Phi) is 7.52. The van der Waals surface area contributed by atoms with Crippen molar-refractivity contribution in [2.45, 2.75) is 32.7 Å². The molecule has 2 N–H and O–H groups in total. The highest BCUT2D eigenvalue weighted by atomic mass is 79.9. The number of benzene rings is 2. The third kappa shape index (κ3) is 5.42. The lowest BCUT2D eigenvalue weighted by Gasteiger charge is -2.09. The van der Waals surface area contributed by atoms with Crippen LogP contribution in [0.15, 0.2) is 53.1 Å². The number of primary amides is 1. The maximum absolute atomic E-state index is 11.7. The summed E-state index contributed by atoms with van der Waals surface area (Å²) in [6, 6.07) is 15.9. The first-order valence-electron chi connectivity index (χ1n) is 9.90. The SMILES string of the molecule is CCOC(=O)CCCOc1ccc2c(c1)c(CC(N)=O)c(Br)n2Cc1ccccc1. The predicted molar refractivity (Wildman–Crippen MR) is 119 cm³/mol. The zero-order chi connectivity index (χ0) is 21.5. The molecule has 3 aromatic rings. The number of esters is 1. The number of aromatic nitrogens is 1. The van der Waals surface area contributed by atoms with Crippen LogP contribution in [-0.2, 0) is 27.3 Å². The summed E-state index contributed by atoms with van der Waals surface area (Å²) >= 11 is 3.66. The molecule has 1 amide bonds. The number of nitrogens with zero attached hydrogens (tertiary/aromatic N) is 1. The Balaban J connectivity index is 1.83. The number of carbonyl (C=O) groups is 2. The molecule has 3 rings (SSSR count). The summed E-state index contributed by atoms with van der Waals surface area (Å²) in [7, 11) is 0. The fraction of sp³-hybridized carbons (Fsp3) is 0.304. The van der Waals surface area contributed by atoms with Crippen LogP contribution in [0.25, 0.3) is 10.9 Å². The van der Waals surface area contributed by atoms with Gasteiger partial charge in [0.15, 0.2) is 0 Å². The highest BCUT2D eigenvalue weighted by Gasteiger charge is 2.18. The third-order valence-electron chi connectivity index (χ3n) is 4.70. The van der Waals surface area contributed by atoms with Gasteiger partial charge in [-0.3, -0.25) is 9.59 Å². The lowest BCUT2D eigenvalue weighted by Crippen LogP contribution is -2.14. The first-order valence-corrected chi connectivity index (χ1v) is 10.7. The molecule has 6 nitrogen and oxygen atoms in total. The first kappa shape index (κ1) is 21.9. The van der Waals surface area contributed by atoms with Gasteiger partial charge in [0, 0.05) is 29.4 Å². The third-order valence-corrected chi connectivity index (χ3v) is 5.61. The van der Waals surface area contributed by atoms with Crippen LogP contribution in [0, 0.1) is 0 Å². The van der Waals surface area contributed by atoms with Crippen LogP contribution < -0.4 is 10.5 Å².